The van der Waals surface area contributed by atoms with Gasteiger partial charge in [0.25, 0.3) is 0 Å². The van der Waals surface area contributed by atoms with Crippen molar-refractivity contribution in [3.8, 4) is 0 Å². The van der Waals surface area contributed by atoms with Gasteiger partial charge in [-0.3, -0.25) is 4.98 Å². The molecule has 0 aliphatic rings. The second-order valence-corrected chi connectivity index (χ2v) is 6.07. The lowest BCUT2D eigenvalue weighted by Gasteiger charge is -2.13. The number of para-hydroxylation sites is 1. The Labute approximate surface area is 136 Å². The second-order valence-electron chi connectivity index (χ2n) is 4.81. The monoisotopic (exact) mass is 361 g/mol. The largest absolute Gasteiger partial charge is 0.397 e. The van der Waals surface area contributed by atoms with Crippen molar-refractivity contribution in [2.45, 2.75) is 6.92 Å². The molecular formula is C16H13BrClN3. The van der Waals surface area contributed by atoms with Crippen LogP contribution in [0.1, 0.15) is 5.56 Å². The first-order valence-corrected chi connectivity index (χ1v) is 7.59. The summed E-state index contributed by atoms with van der Waals surface area (Å²) in [5, 5.41) is 5.08. The molecule has 1 heterocycles. The molecule has 0 fully saturated rings. The SMILES string of the molecule is Cc1cc(Br)c(Nc2ccnc3c(N)cccc23)cc1Cl. The van der Waals surface area contributed by atoms with Crippen LogP contribution in [-0.2, 0) is 0 Å². The zero-order chi connectivity index (χ0) is 15.0. The third-order valence-electron chi connectivity index (χ3n) is 3.32. The number of halogens is 2. The number of aryl methyl sites for hydroxylation is 1. The maximum atomic E-state index is 6.20. The van der Waals surface area contributed by atoms with Gasteiger partial charge in [0, 0.05) is 26.8 Å². The van der Waals surface area contributed by atoms with Crippen molar-refractivity contribution >= 4 is 55.5 Å². The maximum absolute atomic E-state index is 6.20. The Balaban J connectivity index is 2.11. The first kappa shape index (κ1) is 14.2. The molecule has 3 N–H and O–H groups in total. The molecule has 0 saturated heterocycles. The summed E-state index contributed by atoms with van der Waals surface area (Å²) in [4.78, 5) is 4.33. The van der Waals surface area contributed by atoms with Crippen LogP contribution < -0.4 is 11.1 Å². The van der Waals surface area contributed by atoms with Gasteiger partial charge in [0.05, 0.1) is 16.9 Å². The zero-order valence-corrected chi connectivity index (χ0v) is 13.7. The highest BCUT2D eigenvalue weighted by atomic mass is 79.9. The molecular weight excluding hydrogens is 350 g/mol. The summed E-state index contributed by atoms with van der Waals surface area (Å²) in [6, 6.07) is 11.6. The number of nitrogens with one attached hydrogen (secondary N) is 1. The van der Waals surface area contributed by atoms with Crippen molar-refractivity contribution in [1.29, 1.82) is 0 Å². The number of benzene rings is 2. The van der Waals surface area contributed by atoms with Gasteiger partial charge in [0.15, 0.2) is 0 Å². The molecule has 2 aromatic carbocycles. The summed E-state index contributed by atoms with van der Waals surface area (Å²) in [5.41, 5.74) is 10.3. The van der Waals surface area contributed by atoms with Gasteiger partial charge >= 0.3 is 0 Å². The topological polar surface area (TPSA) is 50.9 Å². The summed E-state index contributed by atoms with van der Waals surface area (Å²) in [6.07, 6.45) is 1.74. The van der Waals surface area contributed by atoms with Crippen molar-refractivity contribution in [2.75, 3.05) is 11.1 Å². The molecule has 3 nitrogen and oxygen atoms in total. The fourth-order valence-electron chi connectivity index (χ4n) is 2.20. The summed E-state index contributed by atoms with van der Waals surface area (Å²) in [6.45, 7) is 1.97. The standard InChI is InChI=1S/C16H13BrClN3/c1-9-7-11(17)15(8-12(9)18)21-14-5-6-20-16-10(14)3-2-4-13(16)19/h2-8H,19H2,1H3,(H,20,21). The Morgan fingerprint density at radius 3 is 2.81 bits per heavy atom. The molecule has 1 aromatic heterocycles. The number of pyridine rings is 1. The van der Waals surface area contributed by atoms with E-state index < -0.39 is 0 Å². The third kappa shape index (κ3) is 2.69. The number of nitrogens with two attached hydrogens (primary N) is 1. The van der Waals surface area contributed by atoms with E-state index in [0.29, 0.717) is 5.69 Å². The van der Waals surface area contributed by atoms with E-state index in [1.165, 1.54) is 0 Å². The van der Waals surface area contributed by atoms with Gasteiger partial charge in [-0.2, -0.15) is 0 Å². The normalized spacial score (nSPS) is 10.8. The maximum Gasteiger partial charge on any atom is 0.0951 e. The van der Waals surface area contributed by atoms with Crippen molar-refractivity contribution in [1.82, 2.24) is 4.98 Å². The van der Waals surface area contributed by atoms with Crippen LogP contribution in [-0.4, -0.2) is 4.98 Å². The molecule has 3 aromatic rings. The molecule has 0 bridgehead atoms. The van der Waals surface area contributed by atoms with Crippen LogP contribution >= 0.6 is 27.5 Å². The lowest BCUT2D eigenvalue weighted by atomic mass is 10.1. The van der Waals surface area contributed by atoms with Crippen molar-refractivity contribution in [2.24, 2.45) is 0 Å². The molecule has 21 heavy (non-hydrogen) atoms. The van der Waals surface area contributed by atoms with Gasteiger partial charge in [-0.05, 0) is 52.7 Å². The van der Waals surface area contributed by atoms with Crippen LogP contribution in [0.15, 0.2) is 47.1 Å². The van der Waals surface area contributed by atoms with Crippen molar-refractivity contribution in [3.63, 3.8) is 0 Å². The van der Waals surface area contributed by atoms with Crippen LogP contribution in [0.3, 0.4) is 0 Å². The highest BCUT2D eigenvalue weighted by Gasteiger charge is 2.08. The highest BCUT2D eigenvalue weighted by Crippen LogP contribution is 2.34. The fourth-order valence-corrected chi connectivity index (χ4v) is 2.92. The highest BCUT2D eigenvalue weighted by molar-refractivity contribution is 9.10. The number of rotatable bonds is 2. The van der Waals surface area contributed by atoms with Crippen molar-refractivity contribution < 1.29 is 0 Å². The van der Waals surface area contributed by atoms with E-state index >= 15 is 0 Å². The first-order valence-electron chi connectivity index (χ1n) is 6.42. The molecule has 0 saturated carbocycles. The Bertz CT molecular complexity index is 833. The van der Waals surface area contributed by atoms with Gasteiger partial charge in [0.2, 0.25) is 0 Å². The Hall–Kier alpha value is -1.78. The number of nitrogen functional groups attached to an aromatic ring is 1. The van der Waals surface area contributed by atoms with Crippen LogP contribution in [0.5, 0.6) is 0 Å². The van der Waals surface area contributed by atoms with Gasteiger partial charge in [-0.15, -0.1) is 0 Å². The number of fused-ring (bicyclic) bond motifs is 1. The molecule has 0 spiro atoms. The minimum Gasteiger partial charge on any atom is -0.397 e. The molecule has 0 amide bonds. The van der Waals surface area contributed by atoms with Gasteiger partial charge in [-0.1, -0.05) is 23.7 Å². The molecule has 0 radical (unpaired) electrons. The number of hydrogen-bond acceptors (Lipinski definition) is 3. The smallest absolute Gasteiger partial charge is 0.0951 e. The van der Waals surface area contributed by atoms with E-state index in [1.807, 2.05) is 43.3 Å². The molecule has 0 aliphatic heterocycles. The van der Waals surface area contributed by atoms with Crippen LogP contribution in [0.25, 0.3) is 10.9 Å². The van der Waals surface area contributed by atoms with E-state index in [1.54, 1.807) is 6.20 Å². The van der Waals surface area contributed by atoms with E-state index in [0.717, 1.165) is 37.3 Å². The van der Waals surface area contributed by atoms with Crippen LogP contribution in [0, 0.1) is 6.92 Å². The predicted molar refractivity (Wildman–Crippen MR) is 93.3 cm³/mol. The molecule has 5 heteroatoms. The lowest BCUT2D eigenvalue weighted by molar-refractivity contribution is 1.39. The van der Waals surface area contributed by atoms with Gasteiger partial charge in [-0.25, -0.2) is 0 Å². The van der Waals surface area contributed by atoms with E-state index in [2.05, 4.69) is 26.2 Å². The predicted octanol–water partition coefficient (Wildman–Crippen LogP) is 5.28. The van der Waals surface area contributed by atoms with Crippen molar-refractivity contribution in [3.05, 3.63) is 57.7 Å². The fraction of sp³-hybridized carbons (Fsp3) is 0.0625. The van der Waals surface area contributed by atoms with Crippen LogP contribution in [0.4, 0.5) is 17.1 Å². The van der Waals surface area contributed by atoms with E-state index in [-0.39, 0.29) is 0 Å². The summed E-state index contributed by atoms with van der Waals surface area (Å²) in [7, 11) is 0. The van der Waals surface area contributed by atoms with Gasteiger partial charge < -0.3 is 11.1 Å². The minimum atomic E-state index is 0.664. The first-order chi connectivity index (χ1) is 10.1. The summed E-state index contributed by atoms with van der Waals surface area (Å²) >= 11 is 9.76. The lowest BCUT2D eigenvalue weighted by Crippen LogP contribution is -1.96. The minimum absolute atomic E-state index is 0.664. The molecule has 3 rings (SSSR count). The van der Waals surface area contributed by atoms with Crippen LogP contribution in [0.2, 0.25) is 5.02 Å². The third-order valence-corrected chi connectivity index (χ3v) is 4.38. The van der Waals surface area contributed by atoms with E-state index in [4.69, 9.17) is 17.3 Å². The van der Waals surface area contributed by atoms with Gasteiger partial charge in [0.1, 0.15) is 0 Å². The average molecular weight is 363 g/mol. The zero-order valence-electron chi connectivity index (χ0n) is 11.3. The quantitative estimate of drug-likeness (QED) is 0.609. The second kappa shape index (κ2) is 5.54. The van der Waals surface area contributed by atoms with E-state index in [9.17, 15) is 0 Å². The summed E-state index contributed by atoms with van der Waals surface area (Å²) in [5.74, 6) is 0. The summed E-state index contributed by atoms with van der Waals surface area (Å²) < 4.78 is 0.957. The number of aromatic nitrogens is 1. The molecule has 0 atom stereocenters. The average Bonchev–Trinajstić information content (AvgIpc) is 2.46. The molecule has 0 aliphatic carbocycles. The Kier molecular flexibility index (Phi) is 3.74. The number of anilines is 3. The Morgan fingerprint density at radius 1 is 1.19 bits per heavy atom. The number of hydrogen-bond donors (Lipinski definition) is 2. The number of nitrogens with zero attached hydrogens (tertiary/aromatic N) is 1. The molecule has 0 unspecified atom stereocenters. The molecule has 106 valence electrons. The Morgan fingerprint density at radius 2 is 2.00 bits per heavy atom.